The van der Waals surface area contributed by atoms with Crippen LogP contribution in [0.5, 0.6) is 0 Å². The summed E-state index contributed by atoms with van der Waals surface area (Å²) < 4.78 is 2.58. The van der Waals surface area contributed by atoms with Crippen LogP contribution in [0.2, 0.25) is 0 Å². The quantitative estimate of drug-likeness (QED) is 0.0666. The second-order valence-corrected chi connectivity index (χ2v) is 17.5. The Hall–Kier alpha value is -8.07. The molecule has 0 radical (unpaired) electrons. The zero-order valence-corrected chi connectivity index (χ0v) is 38.5. The van der Waals surface area contributed by atoms with Crippen LogP contribution in [0.1, 0.15) is 83.3 Å². The fourth-order valence-electron chi connectivity index (χ4n) is 8.77. The van der Waals surface area contributed by atoms with Gasteiger partial charge in [-0.1, -0.05) is 55.5 Å². The summed E-state index contributed by atoms with van der Waals surface area (Å²) in [6, 6.07) is 22.3. The minimum Gasteiger partial charge on any atom is -0.481 e. The van der Waals surface area contributed by atoms with E-state index in [9.17, 15) is 39.0 Å². The van der Waals surface area contributed by atoms with E-state index >= 15 is 0 Å². The zero-order valence-electron chi connectivity index (χ0n) is 38.5. The molecule has 4 N–H and O–H groups in total. The van der Waals surface area contributed by atoms with Gasteiger partial charge in [0.2, 0.25) is 11.8 Å². The minimum absolute atomic E-state index is 0.165. The molecule has 4 atom stereocenters. The first-order valence-corrected chi connectivity index (χ1v) is 22.3. The molecule has 348 valence electrons. The van der Waals surface area contributed by atoms with Gasteiger partial charge in [-0.15, -0.1) is 0 Å². The monoisotopic (exact) mass is 915 g/mol. The summed E-state index contributed by atoms with van der Waals surface area (Å²) in [4.78, 5) is 91.7. The second-order valence-electron chi connectivity index (χ2n) is 17.5. The normalized spacial score (nSPS) is 13.0. The van der Waals surface area contributed by atoms with Crippen molar-refractivity contribution < 1.29 is 29.4 Å². The Kier molecular flexibility index (Phi) is 14.8. The summed E-state index contributed by atoms with van der Waals surface area (Å²) in [5.41, 5.74) is 8.59. The molecule has 3 aromatic carbocycles. The van der Waals surface area contributed by atoms with Gasteiger partial charge in [0.15, 0.2) is 0 Å². The van der Waals surface area contributed by atoms with Crippen molar-refractivity contribution in [3.05, 3.63) is 182 Å². The zero-order chi connectivity index (χ0) is 48.6. The van der Waals surface area contributed by atoms with Crippen molar-refractivity contribution in [1.82, 2.24) is 34.7 Å². The number of carboxylic acid groups (broad SMARTS) is 2. The Morgan fingerprint density at radius 2 is 1.40 bits per heavy atom. The van der Waals surface area contributed by atoms with Gasteiger partial charge in [0.1, 0.15) is 12.6 Å². The van der Waals surface area contributed by atoms with Gasteiger partial charge in [-0.2, -0.15) is 0 Å². The van der Waals surface area contributed by atoms with Crippen LogP contribution in [0.3, 0.4) is 0 Å². The Bertz CT molecular complexity index is 3140. The highest BCUT2D eigenvalue weighted by Gasteiger charge is 2.29. The first-order valence-electron chi connectivity index (χ1n) is 22.3. The van der Waals surface area contributed by atoms with E-state index in [0.29, 0.717) is 28.5 Å². The summed E-state index contributed by atoms with van der Waals surface area (Å²) in [5.74, 6) is -3.47. The third kappa shape index (κ3) is 11.5. The van der Waals surface area contributed by atoms with Crippen LogP contribution in [-0.4, -0.2) is 58.1 Å². The van der Waals surface area contributed by atoms with E-state index in [-0.39, 0.29) is 30.0 Å². The van der Waals surface area contributed by atoms with Crippen molar-refractivity contribution in [1.29, 1.82) is 0 Å². The van der Waals surface area contributed by atoms with Gasteiger partial charge in [-0.3, -0.25) is 43.3 Å². The molecule has 4 aromatic heterocycles. The molecule has 0 aliphatic rings. The predicted octanol–water partition coefficient (Wildman–Crippen LogP) is 7.39. The van der Waals surface area contributed by atoms with Crippen molar-refractivity contribution in [3.8, 4) is 22.3 Å². The molecule has 7 rings (SSSR count). The van der Waals surface area contributed by atoms with Crippen LogP contribution in [0.4, 0.5) is 0 Å². The van der Waals surface area contributed by atoms with Crippen LogP contribution in [0.25, 0.3) is 33.2 Å². The van der Waals surface area contributed by atoms with Crippen LogP contribution in [0, 0.1) is 33.6 Å². The van der Waals surface area contributed by atoms with Gasteiger partial charge in [0.05, 0.1) is 42.2 Å². The maximum atomic E-state index is 14.5. The van der Waals surface area contributed by atoms with Gasteiger partial charge in [0, 0.05) is 42.6 Å². The number of para-hydroxylation sites is 1. The molecular formula is C53H53N7O8. The number of carboxylic acids is 2. The number of hydrogen-bond donors (Lipinski definition) is 4. The third-order valence-electron chi connectivity index (χ3n) is 12.1. The number of aryl methyl sites for hydroxylation is 4. The number of hydrogen-bond acceptors (Lipinski definition) is 9. The van der Waals surface area contributed by atoms with E-state index in [1.54, 1.807) is 80.4 Å². The highest BCUT2D eigenvalue weighted by Crippen LogP contribution is 2.32. The summed E-state index contributed by atoms with van der Waals surface area (Å²) >= 11 is 0. The molecule has 1 unspecified atom stereocenters. The summed E-state index contributed by atoms with van der Waals surface area (Å²) in [5, 5.41) is 26.0. The third-order valence-corrected chi connectivity index (χ3v) is 12.1. The molecule has 0 spiro atoms. The smallest absolute Gasteiger partial charge is 0.305 e. The maximum Gasteiger partial charge on any atom is 0.305 e. The van der Waals surface area contributed by atoms with Gasteiger partial charge in [-0.25, -0.2) is 4.98 Å². The van der Waals surface area contributed by atoms with Gasteiger partial charge in [0.25, 0.3) is 11.1 Å². The van der Waals surface area contributed by atoms with E-state index in [2.05, 4.69) is 25.6 Å². The lowest BCUT2D eigenvalue weighted by atomic mass is 9.89. The number of nitrogens with zero attached hydrogens (tertiary/aromatic N) is 5. The van der Waals surface area contributed by atoms with Crippen LogP contribution >= 0.6 is 0 Å². The topological polar surface area (TPSA) is 215 Å². The number of pyridine rings is 3. The number of aliphatic carboxylic acids is 2. The number of aromatic nitrogens is 5. The van der Waals surface area contributed by atoms with Crippen LogP contribution in [0.15, 0.2) is 132 Å². The first-order chi connectivity index (χ1) is 32.5. The maximum absolute atomic E-state index is 14.5. The van der Waals surface area contributed by atoms with Crippen LogP contribution < -0.4 is 21.8 Å². The lowest BCUT2D eigenvalue weighted by Crippen LogP contribution is -2.40. The SMILES string of the molecule is Cc1ccn([C@H](CC(C)Cc2ccc(C)c(-c3cccc([C@H](CC(=O)O)NC(=O)Cn4cnc5ccccc5c4=O)c3)c2)C(=O)N[C@@H](CC(=O)O)c2cncc(-c3c(C)cncc3C)c2)c(=O)c1. The second kappa shape index (κ2) is 21.0. The van der Waals surface area contributed by atoms with Crippen molar-refractivity contribution in [2.75, 3.05) is 0 Å². The largest absolute Gasteiger partial charge is 0.481 e. The Morgan fingerprint density at radius 3 is 2.12 bits per heavy atom. The van der Waals surface area contributed by atoms with E-state index in [1.165, 1.54) is 21.5 Å². The molecule has 0 saturated heterocycles. The Morgan fingerprint density at radius 1 is 0.706 bits per heavy atom. The number of amides is 2. The molecule has 7 aromatic rings. The molecule has 4 heterocycles. The molecule has 0 aliphatic carbocycles. The van der Waals surface area contributed by atoms with Crippen molar-refractivity contribution in [2.45, 2.75) is 85.0 Å². The minimum atomic E-state index is -1.12. The molecule has 0 saturated carbocycles. The standard InChI is InChI=1S/C53H53N7O8/c1-31-15-16-60(48(62)19-31)46(52(67)58-45(24-50(65)66)39-22-40(28-55-27-39)51-34(4)25-54-26-35(51)5)18-32(2)17-36-14-13-33(3)42(20-36)37-9-8-10-38(21-37)44(23-49(63)64)57-47(61)29-59-30-56-43-12-7-6-11-41(43)53(59)68/h6-16,19-22,25-28,30,32,44-46H,17-18,23-24,29H2,1-5H3,(H,57,61)(H,58,67)(H,63,64)(H,65,66)/t32?,44-,45-,46+/m0/s1. The van der Waals surface area contributed by atoms with Gasteiger partial charge < -0.3 is 25.4 Å². The van der Waals surface area contributed by atoms with Crippen molar-refractivity contribution >= 4 is 34.7 Å². The summed E-state index contributed by atoms with van der Waals surface area (Å²) in [7, 11) is 0. The Labute approximate surface area is 392 Å². The molecule has 0 bridgehead atoms. The number of carbonyl (C=O) groups excluding carboxylic acids is 2. The lowest BCUT2D eigenvalue weighted by molar-refractivity contribution is -0.139. The molecule has 68 heavy (non-hydrogen) atoms. The first kappa shape index (κ1) is 47.9. The van der Waals surface area contributed by atoms with Crippen molar-refractivity contribution in [3.63, 3.8) is 0 Å². The lowest BCUT2D eigenvalue weighted by Gasteiger charge is -2.26. The van der Waals surface area contributed by atoms with Crippen molar-refractivity contribution in [2.24, 2.45) is 5.92 Å². The number of carbonyl (C=O) groups is 4. The fraction of sp³-hybridized carbons (Fsp3) is 0.264. The van der Waals surface area contributed by atoms with E-state index in [4.69, 9.17) is 0 Å². The summed E-state index contributed by atoms with van der Waals surface area (Å²) in [6.07, 6.45) is 9.54. The highest BCUT2D eigenvalue weighted by molar-refractivity contribution is 5.82. The molecular weight excluding hydrogens is 863 g/mol. The van der Waals surface area contributed by atoms with E-state index in [1.807, 2.05) is 64.1 Å². The average molecular weight is 916 g/mol. The summed E-state index contributed by atoms with van der Waals surface area (Å²) in [6.45, 7) is 9.25. The number of nitrogens with one attached hydrogen (secondary N) is 2. The predicted molar refractivity (Wildman–Crippen MR) is 258 cm³/mol. The number of rotatable bonds is 18. The highest BCUT2D eigenvalue weighted by atomic mass is 16.4. The van der Waals surface area contributed by atoms with Gasteiger partial charge >= 0.3 is 11.9 Å². The average Bonchev–Trinajstić information content (AvgIpc) is 3.29. The number of benzene rings is 3. The molecule has 2 amide bonds. The molecule has 15 nitrogen and oxygen atoms in total. The Balaban J connectivity index is 1.11. The van der Waals surface area contributed by atoms with E-state index < -0.39 is 54.7 Å². The number of fused-ring (bicyclic) bond motifs is 1. The molecule has 0 fully saturated rings. The van der Waals surface area contributed by atoms with Gasteiger partial charge in [-0.05, 0) is 132 Å². The van der Waals surface area contributed by atoms with Crippen LogP contribution in [-0.2, 0) is 32.1 Å². The molecule has 15 heteroatoms. The van der Waals surface area contributed by atoms with E-state index in [0.717, 1.165) is 50.1 Å². The molecule has 0 aliphatic heterocycles. The fourth-order valence-corrected chi connectivity index (χ4v) is 8.77.